The second-order valence-corrected chi connectivity index (χ2v) is 4.33. The fourth-order valence-corrected chi connectivity index (χ4v) is 2.17. The van der Waals surface area contributed by atoms with Gasteiger partial charge in [0.15, 0.2) is 5.65 Å². The van der Waals surface area contributed by atoms with Crippen LogP contribution in [0.1, 0.15) is 12.6 Å². The summed E-state index contributed by atoms with van der Waals surface area (Å²) in [5.41, 5.74) is 2.05. The van der Waals surface area contributed by atoms with Crippen molar-refractivity contribution in [1.29, 1.82) is 0 Å². The van der Waals surface area contributed by atoms with E-state index in [9.17, 15) is 0 Å². The van der Waals surface area contributed by atoms with E-state index in [2.05, 4.69) is 43.9 Å². The van der Waals surface area contributed by atoms with Crippen LogP contribution in [0, 0.1) is 0 Å². The van der Waals surface area contributed by atoms with E-state index in [0.717, 1.165) is 49.8 Å². The number of hydrogen-bond donors (Lipinski definition) is 1. The van der Waals surface area contributed by atoms with Gasteiger partial charge in [0.05, 0.1) is 18.1 Å². The van der Waals surface area contributed by atoms with Gasteiger partial charge < -0.3 is 14.6 Å². The number of imidazole rings is 1. The average Bonchev–Trinajstić information content (AvgIpc) is 2.81. The van der Waals surface area contributed by atoms with Gasteiger partial charge in [-0.25, -0.2) is 9.97 Å². The summed E-state index contributed by atoms with van der Waals surface area (Å²) < 4.78 is 2.07. The van der Waals surface area contributed by atoms with Crippen LogP contribution in [0.2, 0.25) is 0 Å². The summed E-state index contributed by atoms with van der Waals surface area (Å²) in [6.45, 7) is 6.22. The third-order valence-corrected chi connectivity index (χ3v) is 3.18. The zero-order chi connectivity index (χ0) is 11.7. The Kier molecular flexibility index (Phi) is 2.68. The molecule has 17 heavy (non-hydrogen) atoms. The van der Waals surface area contributed by atoms with Crippen LogP contribution in [0.5, 0.6) is 0 Å². The molecule has 90 valence electrons. The lowest BCUT2D eigenvalue weighted by Crippen LogP contribution is -2.43. The monoisotopic (exact) mass is 231 g/mol. The van der Waals surface area contributed by atoms with E-state index in [1.54, 1.807) is 0 Å². The molecule has 0 amide bonds. The molecule has 5 heteroatoms. The van der Waals surface area contributed by atoms with E-state index >= 15 is 0 Å². The van der Waals surface area contributed by atoms with Crippen molar-refractivity contribution in [2.24, 2.45) is 0 Å². The smallest absolute Gasteiger partial charge is 0.155 e. The highest BCUT2D eigenvalue weighted by molar-refractivity contribution is 5.45. The van der Waals surface area contributed by atoms with Crippen LogP contribution in [0.4, 0.5) is 5.82 Å². The van der Waals surface area contributed by atoms with Gasteiger partial charge in [-0.05, 0) is 6.42 Å². The SMILES string of the molecule is CCc1cn2cc(N3CCNCC3)ncc2n1. The highest BCUT2D eigenvalue weighted by Gasteiger charge is 2.12. The predicted molar refractivity (Wildman–Crippen MR) is 67.4 cm³/mol. The summed E-state index contributed by atoms with van der Waals surface area (Å²) in [5, 5.41) is 3.35. The van der Waals surface area contributed by atoms with Crippen LogP contribution >= 0.6 is 0 Å². The molecular formula is C12H17N5. The Morgan fingerprint density at radius 3 is 2.88 bits per heavy atom. The zero-order valence-corrected chi connectivity index (χ0v) is 10.1. The third-order valence-electron chi connectivity index (χ3n) is 3.18. The normalized spacial score (nSPS) is 16.6. The van der Waals surface area contributed by atoms with Crippen LogP contribution in [-0.4, -0.2) is 40.5 Å². The molecule has 3 rings (SSSR count). The molecule has 0 unspecified atom stereocenters. The number of hydrogen-bond acceptors (Lipinski definition) is 4. The van der Waals surface area contributed by atoms with Crippen LogP contribution in [0.15, 0.2) is 18.6 Å². The molecule has 1 fully saturated rings. The first-order valence-electron chi connectivity index (χ1n) is 6.16. The molecule has 1 aliphatic rings. The number of aromatic nitrogens is 3. The van der Waals surface area contributed by atoms with Crippen molar-refractivity contribution in [1.82, 2.24) is 19.7 Å². The highest BCUT2D eigenvalue weighted by atomic mass is 15.2. The third kappa shape index (κ3) is 1.98. The van der Waals surface area contributed by atoms with Gasteiger partial charge in [0.25, 0.3) is 0 Å². The van der Waals surface area contributed by atoms with Gasteiger partial charge in [-0.3, -0.25) is 0 Å². The molecule has 0 bridgehead atoms. The molecule has 1 N–H and O–H groups in total. The Hall–Kier alpha value is -1.62. The predicted octanol–water partition coefficient (Wildman–Crippen LogP) is 0.701. The van der Waals surface area contributed by atoms with Gasteiger partial charge in [0.1, 0.15) is 5.82 Å². The standard InChI is InChI=1S/C12H17N5/c1-2-10-8-17-9-12(14-7-11(17)15-10)16-5-3-13-4-6-16/h7-9,13H,2-6H2,1H3. The van der Waals surface area contributed by atoms with E-state index in [-0.39, 0.29) is 0 Å². The fraction of sp³-hybridized carbons (Fsp3) is 0.500. The molecular weight excluding hydrogens is 214 g/mol. The maximum absolute atomic E-state index is 4.49. The summed E-state index contributed by atoms with van der Waals surface area (Å²) in [4.78, 5) is 11.3. The second-order valence-electron chi connectivity index (χ2n) is 4.33. The summed E-state index contributed by atoms with van der Waals surface area (Å²) >= 11 is 0. The van der Waals surface area contributed by atoms with Crippen molar-refractivity contribution in [3.8, 4) is 0 Å². The Balaban J connectivity index is 1.94. The van der Waals surface area contributed by atoms with Gasteiger partial charge >= 0.3 is 0 Å². The van der Waals surface area contributed by atoms with Crippen molar-refractivity contribution in [3.63, 3.8) is 0 Å². The quantitative estimate of drug-likeness (QED) is 0.826. The largest absolute Gasteiger partial charge is 0.353 e. The lowest BCUT2D eigenvalue weighted by molar-refractivity contribution is 0.584. The first-order chi connectivity index (χ1) is 8.36. The number of nitrogens with one attached hydrogen (secondary N) is 1. The summed E-state index contributed by atoms with van der Waals surface area (Å²) in [6.07, 6.45) is 6.98. The maximum atomic E-state index is 4.49. The number of fused-ring (bicyclic) bond motifs is 1. The molecule has 3 heterocycles. The molecule has 1 aliphatic heterocycles. The molecule has 2 aromatic heterocycles. The maximum Gasteiger partial charge on any atom is 0.155 e. The van der Waals surface area contributed by atoms with Gasteiger partial charge in [0.2, 0.25) is 0 Å². The molecule has 5 nitrogen and oxygen atoms in total. The minimum atomic E-state index is 0.931. The number of rotatable bonds is 2. The second kappa shape index (κ2) is 4.33. The van der Waals surface area contributed by atoms with Gasteiger partial charge in [-0.1, -0.05) is 6.92 Å². The number of aryl methyl sites for hydroxylation is 1. The van der Waals surface area contributed by atoms with E-state index in [4.69, 9.17) is 0 Å². The van der Waals surface area contributed by atoms with Gasteiger partial charge in [-0.2, -0.15) is 0 Å². The minimum absolute atomic E-state index is 0.931. The first-order valence-corrected chi connectivity index (χ1v) is 6.16. The Morgan fingerprint density at radius 2 is 2.12 bits per heavy atom. The van der Waals surface area contributed by atoms with E-state index in [1.165, 1.54) is 0 Å². The van der Waals surface area contributed by atoms with Crippen LogP contribution in [0.3, 0.4) is 0 Å². The lowest BCUT2D eigenvalue weighted by atomic mass is 10.3. The van der Waals surface area contributed by atoms with Crippen molar-refractivity contribution in [3.05, 3.63) is 24.3 Å². The highest BCUT2D eigenvalue weighted by Crippen LogP contribution is 2.13. The van der Waals surface area contributed by atoms with Crippen LogP contribution < -0.4 is 10.2 Å². The minimum Gasteiger partial charge on any atom is -0.353 e. The van der Waals surface area contributed by atoms with Crippen LogP contribution in [-0.2, 0) is 6.42 Å². The molecule has 0 atom stereocenters. The van der Waals surface area contributed by atoms with E-state index < -0.39 is 0 Å². The molecule has 0 aromatic carbocycles. The molecule has 0 saturated carbocycles. The van der Waals surface area contributed by atoms with Gasteiger partial charge in [-0.15, -0.1) is 0 Å². The van der Waals surface area contributed by atoms with Crippen molar-refractivity contribution in [2.75, 3.05) is 31.1 Å². The zero-order valence-electron chi connectivity index (χ0n) is 10.1. The number of piperazine rings is 1. The van der Waals surface area contributed by atoms with Gasteiger partial charge in [0, 0.05) is 32.4 Å². The van der Waals surface area contributed by atoms with E-state index in [0.29, 0.717) is 0 Å². The first kappa shape index (κ1) is 10.5. The molecule has 0 spiro atoms. The van der Waals surface area contributed by atoms with Crippen LogP contribution in [0.25, 0.3) is 5.65 Å². The summed E-state index contributed by atoms with van der Waals surface area (Å²) in [6, 6.07) is 0. The Morgan fingerprint density at radius 1 is 1.29 bits per heavy atom. The number of anilines is 1. The van der Waals surface area contributed by atoms with E-state index in [1.807, 2.05) is 6.20 Å². The fourth-order valence-electron chi connectivity index (χ4n) is 2.17. The van der Waals surface area contributed by atoms with Crippen molar-refractivity contribution < 1.29 is 0 Å². The van der Waals surface area contributed by atoms with Crippen molar-refractivity contribution in [2.45, 2.75) is 13.3 Å². The Bertz CT molecular complexity index is 513. The number of nitrogens with zero attached hydrogens (tertiary/aromatic N) is 4. The average molecular weight is 231 g/mol. The molecule has 2 aromatic rings. The topological polar surface area (TPSA) is 45.5 Å². The lowest BCUT2D eigenvalue weighted by Gasteiger charge is -2.28. The summed E-state index contributed by atoms with van der Waals surface area (Å²) in [5.74, 6) is 1.04. The molecule has 0 aliphatic carbocycles. The molecule has 1 saturated heterocycles. The van der Waals surface area contributed by atoms with Crippen molar-refractivity contribution >= 4 is 11.5 Å². The molecule has 0 radical (unpaired) electrons. The Labute approximate surface area is 100 Å². The summed E-state index contributed by atoms with van der Waals surface area (Å²) in [7, 11) is 0.